The summed E-state index contributed by atoms with van der Waals surface area (Å²) in [6.45, 7) is 3.67. The summed E-state index contributed by atoms with van der Waals surface area (Å²) in [5, 5.41) is 0. The smallest absolute Gasteiger partial charge is 0.123 e. The Morgan fingerprint density at radius 3 is 2.20 bits per heavy atom. The summed E-state index contributed by atoms with van der Waals surface area (Å²) in [5.41, 5.74) is 8.37. The predicted molar refractivity (Wildman–Crippen MR) is 77.4 cm³/mol. The van der Waals surface area contributed by atoms with Crippen LogP contribution in [0.4, 0.5) is 14.5 Å². The highest BCUT2D eigenvalue weighted by Gasteiger charge is 2.09. The Kier molecular flexibility index (Phi) is 4.69. The SMILES string of the molecule is CCN(Cc1cc(F)ccc1CN)c1ccc(F)cc1. The van der Waals surface area contributed by atoms with Gasteiger partial charge in [0.2, 0.25) is 0 Å². The van der Waals surface area contributed by atoms with Gasteiger partial charge in [-0.3, -0.25) is 0 Å². The molecule has 2 aromatic rings. The van der Waals surface area contributed by atoms with E-state index >= 15 is 0 Å². The fourth-order valence-corrected chi connectivity index (χ4v) is 2.18. The van der Waals surface area contributed by atoms with Crippen molar-refractivity contribution in [1.29, 1.82) is 0 Å². The topological polar surface area (TPSA) is 29.3 Å². The molecule has 0 unspecified atom stereocenters. The molecule has 0 spiro atoms. The van der Waals surface area contributed by atoms with Crippen molar-refractivity contribution < 1.29 is 8.78 Å². The molecule has 0 aromatic heterocycles. The van der Waals surface area contributed by atoms with Gasteiger partial charge in [0, 0.05) is 25.3 Å². The number of halogens is 2. The minimum absolute atomic E-state index is 0.266. The van der Waals surface area contributed by atoms with Crippen LogP contribution in [0.3, 0.4) is 0 Å². The molecule has 106 valence electrons. The average molecular weight is 276 g/mol. The van der Waals surface area contributed by atoms with Gasteiger partial charge in [-0.2, -0.15) is 0 Å². The third kappa shape index (κ3) is 3.33. The largest absolute Gasteiger partial charge is 0.367 e. The Hall–Kier alpha value is -1.94. The molecular formula is C16H18F2N2. The quantitative estimate of drug-likeness (QED) is 0.906. The highest BCUT2D eigenvalue weighted by Crippen LogP contribution is 2.20. The van der Waals surface area contributed by atoms with E-state index in [2.05, 4.69) is 0 Å². The highest BCUT2D eigenvalue weighted by atomic mass is 19.1. The Balaban J connectivity index is 2.26. The van der Waals surface area contributed by atoms with Crippen molar-refractivity contribution in [2.75, 3.05) is 11.4 Å². The van der Waals surface area contributed by atoms with Crippen molar-refractivity contribution in [3.8, 4) is 0 Å². The van der Waals surface area contributed by atoms with E-state index in [1.807, 2.05) is 11.8 Å². The molecule has 0 fully saturated rings. The van der Waals surface area contributed by atoms with Crippen molar-refractivity contribution >= 4 is 5.69 Å². The Bertz CT molecular complexity index is 567. The van der Waals surface area contributed by atoms with Crippen LogP contribution in [0.15, 0.2) is 42.5 Å². The van der Waals surface area contributed by atoms with Crippen molar-refractivity contribution in [3.63, 3.8) is 0 Å². The van der Waals surface area contributed by atoms with Crippen LogP contribution in [-0.2, 0) is 13.1 Å². The van der Waals surface area contributed by atoms with Crippen LogP contribution in [0.2, 0.25) is 0 Å². The maximum Gasteiger partial charge on any atom is 0.123 e. The molecule has 0 bridgehead atoms. The van der Waals surface area contributed by atoms with Gasteiger partial charge in [-0.15, -0.1) is 0 Å². The molecule has 0 amide bonds. The van der Waals surface area contributed by atoms with E-state index in [4.69, 9.17) is 5.73 Å². The van der Waals surface area contributed by atoms with Gasteiger partial charge < -0.3 is 10.6 Å². The lowest BCUT2D eigenvalue weighted by molar-refractivity contribution is 0.623. The number of nitrogens with zero attached hydrogens (tertiary/aromatic N) is 1. The third-order valence-corrected chi connectivity index (χ3v) is 3.32. The molecule has 0 heterocycles. The highest BCUT2D eigenvalue weighted by molar-refractivity contribution is 5.47. The number of hydrogen-bond donors (Lipinski definition) is 1. The first-order valence-corrected chi connectivity index (χ1v) is 6.62. The van der Waals surface area contributed by atoms with Crippen LogP contribution in [0, 0.1) is 11.6 Å². The fourth-order valence-electron chi connectivity index (χ4n) is 2.18. The summed E-state index contributed by atoms with van der Waals surface area (Å²) in [4.78, 5) is 2.05. The molecule has 2 aromatic carbocycles. The summed E-state index contributed by atoms with van der Waals surface area (Å²) < 4.78 is 26.4. The first-order chi connectivity index (χ1) is 9.63. The Morgan fingerprint density at radius 1 is 0.950 bits per heavy atom. The molecule has 0 saturated heterocycles. The molecule has 0 aliphatic heterocycles. The van der Waals surface area contributed by atoms with Gasteiger partial charge in [0.05, 0.1) is 0 Å². The predicted octanol–water partition coefficient (Wildman–Crippen LogP) is 3.45. The van der Waals surface area contributed by atoms with Gasteiger partial charge in [0.25, 0.3) is 0 Å². The minimum Gasteiger partial charge on any atom is -0.367 e. The summed E-state index contributed by atoms with van der Waals surface area (Å²) in [6, 6.07) is 10.9. The second-order valence-corrected chi connectivity index (χ2v) is 4.61. The summed E-state index contributed by atoms with van der Waals surface area (Å²) >= 11 is 0. The standard InChI is InChI=1S/C16H18F2N2/c1-2-20(16-7-5-14(17)6-8-16)11-13-9-15(18)4-3-12(13)10-19/h3-9H,2,10-11,19H2,1H3. The maximum absolute atomic E-state index is 13.4. The van der Waals surface area contributed by atoms with Gasteiger partial charge in [-0.05, 0) is 54.4 Å². The molecular weight excluding hydrogens is 258 g/mol. The molecule has 4 heteroatoms. The minimum atomic E-state index is -0.271. The zero-order valence-electron chi connectivity index (χ0n) is 11.4. The molecule has 0 aliphatic rings. The van der Waals surface area contributed by atoms with Gasteiger partial charge in [0.15, 0.2) is 0 Å². The molecule has 2 rings (SSSR count). The van der Waals surface area contributed by atoms with Crippen LogP contribution in [0.5, 0.6) is 0 Å². The second-order valence-electron chi connectivity index (χ2n) is 4.61. The third-order valence-electron chi connectivity index (χ3n) is 3.32. The molecule has 20 heavy (non-hydrogen) atoms. The average Bonchev–Trinajstić information content (AvgIpc) is 2.46. The lowest BCUT2D eigenvalue weighted by Crippen LogP contribution is -2.23. The van der Waals surface area contributed by atoms with E-state index in [1.165, 1.54) is 24.3 Å². The van der Waals surface area contributed by atoms with Gasteiger partial charge in [0.1, 0.15) is 11.6 Å². The maximum atomic E-state index is 13.4. The van der Waals surface area contributed by atoms with Gasteiger partial charge >= 0.3 is 0 Å². The molecule has 0 atom stereocenters. The van der Waals surface area contributed by atoms with Crippen molar-refractivity contribution in [2.24, 2.45) is 5.73 Å². The van der Waals surface area contributed by atoms with Crippen molar-refractivity contribution in [2.45, 2.75) is 20.0 Å². The second kappa shape index (κ2) is 6.48. The lowest BCUT2D eigenvalue weighted by atomic mass is 10.1. The summed E-state index contributed by atoms with van der Waals surface area (Å²) in [5.74, 6) is -0.537. The lowest BCUT2D eigenvalue weighted by Gasteiger charge is -2.24. The monoisotopic (exact) mass is 276 g/mol. The van der Waals surface area contributed by atoms with Crippen LogP contribution in [-0.4, -0.2) is 6.54 Å². The zero-order chi connectivity index (χ0) is 14.5. The first kappa shape index (κ1) is 14.5. The van der Waals surface area contributed by atoms with Crippen LogP contribution in [0.25, 0.3) is 0 Å². The van der Waals surface area contributed by atoms with Gasteiger partial charge in [-0.25, -0.2) is 8.78 Å². The number of hydrogen-bond acceptors (Lipinski definition) is 2. The van der Waals surface area contributed by atoms with E-state index in [9.17, 15) is 8.78 Å². The summed E-state index contributed by atoms with van der Waals surface area (Å²) in [6.07, 6.45) is 0. The van der Waals surface area contributed by atoms with E-state index in [-0.39, 0.29) is 11.6 Å². The normalized spacial score (nSPS) is 10.6. The molecule has 0 aliphatic carbocycles. The fraction of sp³-hybridized carbons (Fsp3) is 0.250. The first-order valence-electron chi connectivity index (χ1n) is 6.62. The number of anilines is 1. The molecule has 0 saturated carbocycles. The Morgan fingerprint density at radius 2 is 1.60 bits per heavy atom. The van der Waals surface area contributed by atoms with E-state index in [0.717, 1.165) is 23.4 Å². The van der Waals surface area contributed by atoms with E-state index < -0.39 is 0 Å². The van der Waals surface area contributed by atoms with Gasteiger partial charge in [-0.1, -0.05) is 6.07 Å². The molecule has 2 N–H and O–H groups in total. The van der Waals surface area contributed by atoms with Crippen LogP contribution in [0.1, 0.15) is 18.1 Å². The molecule has 2 nitrogen and oxygen atoms in total. The Labute approximate surface area is 117 Å². The number of rotatable bonds is 5. The van der Waals surface area contributed by atoms with Crippen LogP contribution >= 0.6 is 0 Å². The van der Waals surface area contributed by atoms with Crippen molar-refractivity contribution in [3.05, 3.63) is 65.2 Å². The summed E-state index contributed by atoms with van der Waals surface area (Å²) in [7, 11) is 0. The van der Waals surface area contributed by atoms with E-state index in [0.29, 0.717) is 13.1 Å². The zero-order valence-corrected chi connectivity index (χ0v) is 11.4. The van der Waals surface area contributed by atoms with Crippen molar-refractivity contribution in [1.82, 2.24) is 0 Å². The molecule has 0 radical (unpaired) electrons. The number of nitrogens with two attached hydrogens (primary N) is 1. The van der Waals surface area contributed by atoms with E-state index in [1.54, 1.807) is 18.2 Å². The number of benzene rings is 2. The van der Waals surface area contributed by atoms with Crippen LogP contribution < -0.4 is 10.6 Å².